The van der Waals surface area contributed by atoms with Gasteiger partial charge in [0.05, 0.1) is 0 Å². The molecule has 0 aliphatic heterocycles. The molecule has 0 bridgehead atoms. The van der Waals surface area contributed by atoms with Crippen molar-refractivity contribution >= 4 is 23.7 Å². The van der Waals surface area contributed by atoms with Crippen LogP contribution < -0.4 is 27.6 Å². The molecule has 0 radical (unpaired) electrons. The van der Waals surface area contributed by atoms with E-state index in [1.807, 2.05) is 0 Å². The van der Waals surface area contributed by atoms with Gasteiger partial charge in [0.1, 0.15) is 12.1 Å². The molecule has 10 heteroatoms. The lowest BCUT2D eigenvalue weighted by Crippen LogP contribution is -2.52. The summed E-state index contributed by atoms with van der Waals surface area (Å²) in [5, 5.41) is 13.3. The van der Waals surface area contributed by atoms with Gasteiger partial charge in [-0.25, -0.2) is 5.48 Å². The SMILES string of the molecule is CC(=O)N[C@@H](CCCN=C(N)N)C(=O)N[C@@H](C)C(=O)NO. The van der Waals surface area contributed by atoms with Crippen LogP contribution in [-0.2, 0) is 14.4 Å². The van der Waals surface area contributed by atoms with Crippen LogP contribution in [0.3, 0.4) is 0 Å². The standard InChI is InChI=1S/C11H22N6O4/c1-6(9(19)17-21)15-10(20)8(16-7(2)18)4-3-5-14-11(12)13/h6,8,21H,3-5H2,1-2H3,(H,15,20)(H,16,18)(H,17,19)(H4,12,13,14)/t6-,8-/m0/s1. The summed E-state index contributed by atoms with van der Waals surface area (Å²) in [6.07, 6.45) is 0.770. The first kappa shape index (κ1) is 18.6. The second kappa shape index (κ2) is 9.53. The molecule has 0 rings (SSSR count). The number of nitrogens with one attached hydrogen (secondary N) is 3. The number of nitrogens with two attached hydrogens (primary N) is 2. The fourth-order valence-corrected chi connectivity index (χ4v) is 1.49. The van der Waals surface area contributed by atoms with Crippen molar-refractivity contribution in [3.63, 3.8) is 0 Å². The topological polar surface area (TPSA) is 172 Å². The van der Waals surface area contributed by atoms with Crippen LogP contribution in [0.2, 0.25) is 0 Å². The van der Waals surface area contributed by atoms with Crippen molar-refractivity contribution in [1.82, 2.24) is 16.1 Å². The highest BCUT2D eigenvalue weighted by molar-refractivity contribution is 5.91. The Morgan fingerprint density at radius 1 is 1.19 bits per heavy atom. The lowest BCUT2D eigenvalue weighted by Gasteiger charge is -2.19. The molecule has 10 nitrogen and oxygen atoms in total. The van der Waals surface area contributed by atoms with Crippen LogP contribution in [0.5, 0.6) is 0 Å². The van der Waals surface area contributed by atoms with Crippen LogP contribution in [0.15, 0.2) is 4.99 Å². The molecule has 0 aliphatic carbocycles. The maximum absolute atomic E-state index is 12.0. The van der Waals surface area contributed by atoms with E-state index in [0.29, 0.717) is 19.4 Å². The molecule has 0 aromatic rings. The predicted molar refractivity (Wildman–Crippen MR) is 75.0 cm³/mol. The summed E-state index contributed by atoms with van der Waals surface area (Å²) in [6, 6.07) is -1.75. The van der Waals surface area contributed by atoms with E-state index in [1.54, 1.807) is 0 Å². The van der Waals surface area contributed by atoms with Crippen molar-refractivity contribution in [1.29, 1.82) is 0 Å². The average Bonchev–Trinajstić information content (AvgIpc) is 2.40. The van der Waals surface area contributed by atoms with E-state index >= 15 is 0 Å². The highest BCUT2D eigenvalue weighted by Gasteiger charge is 2.22. The number of aliphatic imine (C=N–C) groups is 1. The molecule has 0 unspecified atom stereocenters. The van der Waals surface area contributed by atoms with Gasteiger partial charge in [0.2, 0.25) is 11.8 Å². The lowest BCUT2D eigenvalue weighted by atomic mass is 10.1. The minimum absolute atomic E-state index is 0.0521. The number of carbonyl (C=O) groups excluding carboxylic acids is 3. The fourth-order valence-electron chi connectivity index (χ4n) is 1.49. The third kappa shape index (κ3) is 8.42. The molecule has 0 aliphatic rings. The van der Waals surface area contributed by atoms with E-state index in [9.17, 15) is 14.4 Å². The summed E-state index contributed by atoms with van der Waals surface area (Å²) in [5.41, 5.74) is 11.8. The molecule has 0 fully saturated rings. The minimum Gasteiger partial charge on any atom is -0.370 e. The number of hydrogen-bond donors (Lipinski definition) is 6. The van der Waals surface area contributed by atoms with E-state index in [4.69, 9.17) is 16.7 Å². The zero-order valence-corrected chi connectivity index (χ0v) is 12.0. The summed E-state index contributed by atoms with van der Waals surface area (Å²) < 4.78 is 0. The van der Waals surface area contributed by atoms with Gasteiger partial charge < -0.3 is 22.1 Å². The zero-order chi connectivity index (χ0) is 16.4. The Morgan fingerprint density at radius 3 is 2.29 bits per heavy atom. The Balaban J connectivity index is 4.51. The van der Waals surface area contributed by atoms with Crippen molar-refractivity contribution in [3.05, 3.63) is 0 Å². The van der Waals surface area contributed by atoms with E-state index in [-0.39, 0.29) is 11.9 Å². The fraction of sp³-hybridized carbons (Fsp3) is 0.636. The first-order valence-corrected chi connectivity index (χ1v) is 6.34. The van der Waals surface area contributed by atoms with Crippen molar-refractivity contribution in [3.8, 4) is 0 Å². The van der Waals surface area contributed by atoms with Gasteiger partial charge >= 0.3 is 0 Å². The third-order valence-corrected chi connectivity index (χ3v) is 2.50. The molecule has 0 heterocycles. The number of hydroxylamine groups is 1. The second-order valence-electron chi connectivity index (χ2n) is 4.41. The van der Waals surface area contributed by atoms with E-state index < -0.39 is 23.9 Å². The van der Waals surface area contributed by atoms with E-state index in [0.717, 1.165) is 0 Å². The normalized spacial score (nSPS) is 12.7. The molecule has 0 aromatic heterocycles. The van der Waals surface area contributed by atoms with Crippen molar-refractivity contribution in [2.45, 2.75) is 38.8 Å². The summed E-state index contributed by atoms with van der Waals surface area (Å²) in [6.45, 7) is 2.99. The molecule has 8 N–H and O–H groups in total. The van der Waals surface area contributed by atoms with Crippen LogP contribution in [0.25, 0.3) is 0 Å². The average molecular weight is 302 g/mol. The molecule has 2 atom stereocenters. The van der Waals surface area contributed by atoms with Gasteiger partial charge in [-0.3, -0.25) is 24.6 Å². The first-order chi connectivity index (χ1) is 9.77. The summed E-state index contributed by atoms with van der Waals surface area (Å²) in [4.78, 5) is 37.9. The van der Waals surface area contributed by atoms with Crippen LogP contribution in [0.4, 0.5) is 0 Å². The quantitative estimate of drug-likeness (QED) is 0.0954. The maximum Gasteiger partial charge on any atom is 0.265 e. The Bertz CT molecular complexity index is 408. The Morgan fingerprint density at radius 2 is 1.81 bits per heavy atom. The van der Waals surface area contributed by atoms with Gasteiger partial charge in [0.15, 0.2) is 5.96 Å². The minimum atomic E-state index is -0.934. The van der Waals surface area contributed by atoms with E-state index in [2.05, 4.69) is 15.6 Å². The largest absolute Gasteiger partial charge is 0.370 e. The molecule has 21 heavy (non-hydrogen) atoms. The summed E-state index contributed by atoms with van der Waals surface area (Å²) in [5.74, 6) is -1.73. The molecule has 0 saturated heterocycles. The first-order valence-electron chi connectivity index (χ1n) is 6.34. The molecular formula is C11H22N6O4. The summed E-state index contributed by atoms with van der Waals surface area (Å²) in [7, 11) is 0. The van der Waals surface area contributed by atoms with Crippen molar-refractivity contribution in [2.24, 2.45) is 16.5 Å². The van der Waals surface area contributed by atoms with Crippen LogP contribution in [-0.4, -0.2) is 47.5 Å². The predicted octanol–water partition coefficient (Wildman–Crippen LogP) is -2.45. The summed E-state index contributed by atoms with van der Waals surface area (Å²) >= 11 is 0. The van der Waals surface area contributed by atoms with Gasteiger partial charge in [-0.1, -0.05) is 0 Å². The van der Waals surface area contributed by atoms with Crippen LogP contribution in [0.1, 0.15) is 26.7 Å². The molecule has 0 aromatic carbocycles. The Kier molecular flexibility index (Phi) is 8.46. The van der Waals surface area contributed by atoms with Gasteiger partial charge in [0.25, 0.3) is 5.91 Å². The third-order valence-electron chi connectivity index (χ3n) is 2.50. The number of nitrogens with zero attached hydrogens (tertiary/aromatic N) is 1. The highest BCUT2D eigenvalue weighted by atomic mass is 16.5. The zero-order valence-electron chi connectivity index (χ0n) is 12.0. The molecular weight excluding hydrogens is 280 g/mol. The highest BCUT2D eigenvalue weighted by Crippen LogP contribution is 2.00. The second-order valence-corrected chi connectivity index (χ2v) is 4.41. The molecule has 3 amide bonds. The number of hydrogen-bond acceptors (Lipinski definition) is 5. The lowest BCUT2D eigenvalue weighted by molar-refractivity contribution is -0.135. The molecule has 0 spiro atoms. The monoisotopic (exact) mass is 302 g/mol. The van der Waals surface area contributed by atoms with Crippen molar-refractivity contribution < 1.29 is 19.6 Å². The van der Waals surface area contributed by atoms with Gasteiger partial charge in [-0.05, 0) is 19.8 Å². The van der Waals surface area contributed by atoms with Crippen LogP contribution in [0, 0.1) is 0 Å². The molecule has 120 valence electrons. The van der Waals surface area contributed by atoms with Gasteiger partial charge in [-0.2, -0.15) is 0 Å². The number of amides is 3. The van der Waals surface area contributed by atoms with Crippen LogP contribution >= 0.6 is 0 Å². The maximum atomic E-state index is 12.0. The Labute approximate surface area is 122 Å². The molecule has 0 saturated carbocycles. The smallest absolute Gasteiger partial charge is 0.265 e. The number of carbonyl (C=O) groups is 3. The number of guanidine groups is 1. The van der Waals surface area contributed by atoms with Gasteiger partial charge in [-0.15, -0.1) is 0 Å². The Hall–Kier alpha value is -2.36. The van der Waals surface area contributed by atoms with Gasteiger partial charge in [0, 0.05) is 13.5 Å². The van der Waals surface area contributed by atoms with E-state index in [1.165, 1.54) is 19.3 Å². The number of rotatable bonds is 8. The van der Waals surface area contributed by atoms with Crippen molar-refractivity contribution in [2.75, 3.05) is 6.54 Å².